The summed E-state index contributed by atoms with van der Waals surface area (Å²) < 4.78 is 6.73. The molecule has 4 aromatic rings. The Balaban J connectivity index is 1.65. The lowest BCUT2D eigenvalue weighted by atomic mass is 10.1. The highest BCUT2D eigenvalue weighted by molar-refractivity contribution is 8.00. The molecule has 2 aromatic heterocycles. The van der Waals surface area contributed by atoms with Gasteiger partial charge in [0.15, 0.2) is 5.69 Å². The van der Waals surface area contributed by atoms with Gasteiger partial charge in [0.2, 0.25) is 5.91 Å². The quantitative estimate of drug-likeness (QED) is 0.352. The first-order valence-corrected chi connectivity index (χ1v) is 12.0. The molecule has 9 heteroatoms. The molecule has 8 nitrogen and oxygen atoms in total. The Morgan fingerprint density at radius 3 is 2.65 bits per heavy atom. The molecule has 0 aliphatic heterocycles. The van der Waals surface area contributed by atoms with E-state index in [1.165, 1.54) is 27.5 Å². The van der Waals surface area contributed by atoms with E-state index in [4.69, 9.17) is 10.2 Å². The lowest BCUT2D eigenvalue weighted by molar-refractivity contribution is -0.116. The van der Waals surface area contributed by atoms with E-state index in [0.29, 0.717) is 18.7 Å². The summed E-state index contributed by atoms with van der Waals surface area (Å²) >= 11 is 1.37. The van der Waals surface area contributed by atoms with Gasteiger partial charge in [-0.15, -0.1) is 11.8 Å². The minimum atomic E-state index is -0.703. The average Bonchev–Trinajstić information content (AvgIpc) is 3.35. The summed E-state index contributed by atoms with van der Waals surface area (Å²) in [5, 5.41) is 2.20. The SMILES string of the molecule is CCCCn1c(N)c(N(Cc2ccco2)C(=O)CSc2ccc3ccccc3c2)c(=O)[nH]c1=O. The summed E-state index contributed by atoms with van der Waals surface area (Å²) in [6.07, 6.45) is 3.05. The highest BCUT2D eigenvalue weighted by atomic mass is 32.2. The summed E-state index contributed by atoms with van der Waals surface area (Å²) in [5.74, 6) is 0.214. The smallest absolute Gasteiger partial charge is 0.330 e. The maximum Gasteiger partial charge on any atom is 0.330 e. The second-order valence-electron chi connectivity index (χ2n) is 7.86. The van der Waals surface area contributed by atoms with Crippen LogP contribution in [0.4, 0.5) is 11.5 Å². The summed E-state index contributed by atoms with van der Waals surface area (Å²) in [4.78, 5) is 43.1. The zero-order valence-electron chi connectivity index (χ0n) is 18.8. The van der Waals surface area contributed by atoms with Crippen molar-refractivity contribution < 1.29 is 9.21 Å². The van der Waals surface area contributed by atoms with Crippen molar-refractivity contribution in [2.75, 3.05) is 16.4 Å². The third-order valence-electron chi connectivity index (χ3n) is 5.50. The number of anilines is 2. The third-order valence-corrected chi connectivity index (χ3v) is 6.48. The lowest BCUT2D eigenvalue weighted by Crippen LogP contribution is -2.41. The maximum absolute atomic E-state index is 13.4. The van der Waals surface area contributed by atoms with E-state index >= 15 is 0 Å². The van der Waals surface area contributed by atoms with E-state index in [0.717, 1.165) is 22.1 Å². The van der Waals surface area contributed by atoms with Crippen LogP contribution in [0.2, 0.25) is 0 Å². The predicted molar refractivity (Wildman–Crippen MR) is 135 cm³/mol. The lowest BCUT2D eigenvalue weighted by Gasteiger charge is -2.23. The Bertz CT molecular complexity index is 1410. The predicted octanol–water partition coefficient (Wildman–Crippen LogP) is 3.99. The first kappa shape index (κ1) is 23.4. The molecule has 0 spiro atoms. The fourth-order valence-electron chi connectivity index (χ4n) is 3.71. The van der Waals surface area contributed by atoms with Crippen LogP contribution in [0.5, 0.6) is 0 Å². The minimum Gasteiger partial charge on any atom is -0.467 e. The number of nitrogen functional groups attached to an aromatic ring is 1. The van der Waals surface area contributed by atoms with Crippen LogP contribution in [0, 0.1) is 0 Å². The standard InChI is InChI=1S/C25H26N4O4S/c1-2-3-12-28-23(26)22(24(31)27-25(28)32)29(15-19-9-6-13-33-19)21(30)16-34-20-11-10-17-7-4-5-8-18(17)14-20/h4-11,13-14H,2-3,12,15-16,26H2,1H3,(H,27,31,32). The molecule has 3 N–H and O–H groups in total. The van der Waals surface area contributed by atoms with Crippen molar-refractivity contribution in [2.24, 2.45) is 0 Å². The van der Waals surface area contributed by atoms with Gasteiger partial charge in [-0.05, 0) is 41.5 Å². The average molecular weight is 479 g/mol. The Hall–Kier alpha value is -3.72. The molecule has 0 saturated heterocycles. The normalized spacial score (nSPS) is 11.1. The number of amides is 1. The van der Waals surface area contributed by atoms with Gasteiger partial charge in [0, 0.05) is 11.4 Å². The molecule has 0 unspecified atom stereocenters. The first-order chi connectivity index (χ1) is 16.5. The molecule has 0 saturated carbocycles. The van der Waals surface area contributed by atoms with E-state index in [9.17, 15) is 14.4 Å². The van der Waals surface area contributed by atoms with Crippen LogP contribution in [-0.4, -0.2) is 21.2 Å². The molecule has 4 rings (SSSR count). The molecular formula is C25H26N4O4S. The molecule has 0 radical (unpaired) electrons. The van der Waals surface area contributed by atoms with Gasteiger partial charge < -0.3 is 10.2 Å². The molecule has 2 aromatic carbocycles. The number of furan rings is 1. The highest BCUT2D eigenvalue weighted by Crippen LogP contribution is 2.26. The number of nitrogens with two attached hydrogens (primary N) is 1. The third kappa shape index (κ3) is 5.09. The van der Waals surface area contributed by atoms with Gasteiger partial charge in [-0.2, -0.15) is 0 Å². The van der Waals surface area contributed by atoms with Crippen molar-refractivity contribution in [1.29, 1.82) is 0 Å². The Morgan fingerprint density at radius 1 is 1.12 bits per heavy atom. The number of aromatic nitrogens is 2. The van der Waals surface area contributed by atoms with Crippen molar-refractivity contribution in [1.82, 2.24) is 9.55 Å². The second kappa shape index (κ2) is 10.5. The molecule has 34 heavy (non-hydrogen) atoms. The topological polar surface area (TPSA) is 114 Å². The van der Waals surface area contributed by atoms with E-state index in [-0.39, 0.29) is 29.7 Å². The molecule has 0 atom stereocenters. The molecule has 0 aliphatic rings. The molecule has 0 fully saturated rings. The fraction of sp³-hybridized carbons (Fsp3) is 0.240. The summed E-state index contributed by atoms with van der Waals surface area (Å²) in [5.41, 5.74) is 4.94. The summed E-state index contributed by atoms with van der Waals surface area (Å²) in [7, 11) is 0. The van der Waals surface area contributed by atoms with Crippen LogP contribution >= 0.6 is 11.8 Å². The van der Waals surface area contributed by atoms with Crippen molar-refractivity contribution in [2.45, 2.75) is 37.8 Å². The Kier molecular flexibility index (Phi) is 7.22. The van der Waals surface area contributed by atoms with Crippen molar-refractivity contribution in [3.05, 3.63) is 87.5 Å². The Labute approximate surface area is 200 Å². The monoisotopic (exact) mass is 478 g/mol. The van der Waals surface area contributed by atoms with Crippen LogP contribution in [0.1, 0.15) is 25.5 Å². The van der Waals surface area contributed by atoms with E-state index < -0.39 is 11.2 Å². The number of carbonyl (C=O) groups excluding carboxylic acids is 1. The van der Waals surface area contributed by atoms with Crippen LogP contribution in [0.3, 0.4) is 0 Å². The van der Waals surface area contributed by atoms with Crippen molar-refractivity contribution in [3.8, 4) is 0 Å². The van der Waals surface area contributed by atoms with Gasteiger partial charge in [-0.3, -0.25) is 24.0 Å². The van der Waals surface area contributed by atoms with Crippen molar-refractivity contribution in [3.63, 3.8) is 0 Å². The largest absolute Gasteiger partial charge is 0.467 e. The van der Waals surface area contributed by atoms with Gasteiger partial charge in [-0.25, -0.2) is 4.79 Å². The maximum atomic E-state index is 13.4. The number of benzene rings is 2. The number of nitrogens with zero attached hydrogens (tertiary/aromatic N) is 2. The molecule has 176 valence electrons. The number of thioether (sulfide) groups is 1. The summed E-state index contributed by atoms with van der Waals surface area (Å²) in [6.45, 7) is 2.35. The Morgan fingerprint density at radius 2 is 1.91 bits per heavy atom. The van der Waals surface area contributed by atoms with Gasteiger partial charge in [-0.1, -0.05) is 43.7 Å². The number of unbranched alkanes of at least 4 members (excludes halogenated alkanes) is 1. The second-order valence-corrected chi connectivity index (χ2v) is 8.90. The first-order valence-electron chi connectivity index (χ1n) is 11.0. The molecular weight excluding hydrogens is 452 g/mol. The number of aromatic amines is 1. The van der Waals surface area contributed by atoms with E-state index in [2.05, 4.69) is 4.98 Å². The number of rotatable bonds is 9. The van der Waals surface area contributed by atoms with Crippen LogP contribution in [0.15, 0.2) is 79.8 Å². The zero-order valence-corrected chi connectivity index (χ0v) is 19.6. The van der Waals surface area contributed by atoms with Gasteiger partial charge in [0.1, 0.15) is 11.6 Å². The van der Waals surface area contributed by atoms with E-state index in [1.54, 1.807) is 12.1 Å². The molecule has 0 aliphatic carbocycles. The fourth-order valence-corrected chi connectivity index (χ4v) is 4.53. The van der Waals surface area contributed by atoms with Gasteiger partial charge in [0.25, 0.3) is 5.56 Å². The molecule has 0 bridgehead atoms. The van der Waals surface area contributed by atoms with Gasteiger partial charge >= 0.3 is 5.69 Å². The number of H-pyrrole nitrogens is 1. The van der Waals surface area contributed by atoms with Crippen LogP contribution in [0.25, 0.3) is 10.8 Å². The van der Waals surface area contributed by atoms with Crippen molar-refractivity contribution >= 4 is 39.9 Å². The summed E-state index contributed by atoms with van der Waals surface area (Å²) in [6, 6.07) is 17.4. The molecule has 1 amide bonds. The highest BCUT2D eigenvalue weighted by Gasteiger charge is 2.25. The van der Waals surface area contributed by atoms with Gasteiger partial charge in [0.05, 0.1) is 18.6 Å². The minimum absolute atomic E-state index is 0.0172. The van der Waals surface area contributed by atoms with Crippen LogP contribution in [-0.2, 0) is 17.9 Å². The van der Waals surface area contributed by atoms with E-state index in [1.807, 2.05) is 49.4 Å². The number of hydrogen-bond acceptors (Lipinski definition) is 6. The number of carbonyl (C=O) groups is 1. The number of hydrogen-bond donors (Lipinski definition) is 2. The van der Waals surface area contributed by atoms with Crippen LogP contribution < -0.4 is 21.9 Å². The number of fused-ring (bicyclic) bond motifs is 1. The number of nitrogens with one attached hydrogen (secondary N) is 1. The molecule has 2 heterocycles. The zero-order chi connectivity index (χ0) is 24.1.